The van der Waals surface area contributed by atoms with Crippen LogP contribution in [-0.2, 0) is 13.2 Å². The summed E-state index contributed by atoms with van der Waals surface area (Å²) in [4.78, 5) is 12.7. The van der Waals surface area contributed by atoms with Crippen molar-refractivity contribution >= 4 is 39.7 Å². The number of carbonyl (C=O) groups excluding carboxylic acids is 1. The predicted molar refractivity (Wildman–Crippen MR) is 100 cm³/mol. The number of hydrazone groups is 1. The summed E-state index contributed by atoms with van der Waals surface area (Å²) in [7, 11) is 1.76. The fourth-order valence-electron chi connectivity index (χ4n) is 2.71. The van der Waals surface area contributed by atoms with E-state index >= 15 is 0 Å². The van der Waals surface area contributed by atoms with E-state index < -0.39 is 28.3 Å². The van der Waals surface area contributed by atoms with Crippen LogP contribution in [0.25, 0.3) is 10.9 Å². The number of nitrogens with one attached hydrogen (secondary N) is 1. The third kappa shape index (κ3) is 3.70. The smallest absolute Gasteiger partial charge is 0.350 e. The second kappa shape index (κ2) is 7.37. The van der Waals surface area contributed by atoms with Crippen molar-refractivity contribution in [3.8, 4) is 6.07 Å². The zero-order valence-corrected chi connectivity index (χ0v) is 15.1. The molecule has 1 N–H and O–H groups in total. The van der Waals surface area contributed by atoms with Crippen molar-refractivity contribution in [2.24, 2.45) is 12.1 Å². The molecule has 3 rings (SSSR count). The Morgan fingerprint density at radius 1 is 1.25 bits per heavy atom. The maximum absolute atomic E-state index is 12.9. The number of rotatable bonds is 4. The molecule has 142 valence electrons. The van der Waals surface area contributed by atoms with Crippen LogP contribution in [0.2, 0.25) is 5.02 Å². The van der Waals surface area contributed by atoms with Crippen molar-refractivity contribution < 1.29 is 18.0 Å². The van der Waals surface area contributed by atoms with Crippen molar-refractivity contribution in [3.63, 3.8) is 0 Å². The third-order valence-corrected chi connectivity index (χ3v) is 4.36. The van der Waals surface area contributed by atoms with Gasteiger partial charge >= 0.3 is 6.18 Å². The zero-order chi connectivity index (χ0) is 20.5. The number of hydrogen-bond donors (Lipinski definition) is 1. The molecule has 0 atom stereocenters. The number of hydrogen-bond acceptors (Lipinski definition) is 4. The van der Waals surface area contributed by atoms with Crippen LogP contribution in [-0.4, -0.2) is 16.1 Å². The van der Waals surface area contributed by atoms with Crippen LogP contribution in [0, 0.1) is 11.3 Å². The van der Waals surface area contributed by atoms with Gasteiger partial charge in [-0.25, -0.2) is 0 Å². The van der Waals surface area contributed by atoms with Crippen molar-refractivity contribution in [2.45, 2.75) is 6.18 Å². The Morgan fingerprint density at radius 2 is 1.96 bits per heavy atom. The first-order valence-electron chi connectivity index (χ1n) is 7.91. The number of alkyl halides is 3. The van der Waals surface area contributed by atoms with Crippen molar-refractivity contribution in [1.82, 2.24) is 4.57 Å². The number of carbonyl (C=O) groups is 1. The summed E-state index contributed by atoms with van der Waals surface area (Å²) in [6.45, 7) is 0. The van der Waals surface area contributed by atoms with Crippen molar-refractivity contribution in [2.75, 3.05) is 5.43 Å². The average Bonchev–Trinajstić information content (AvgIpc) is 2.99. The number of para-hydroxylation sites is 1. The molecule has 5 nitrogen and oxygen atoms in total. The van der Waals surface area contributed by atoms with Gasteiger partial charge in [-0.1, -0.05) is 29.8 Å². The lowest BCUT2D eigenvalue weighted by Crippen LogP contribution is -2.14. The van der Waals surface area contributed by atoms with E-state index in [-0.39, 0.29) is 11.3 Å². The standard InChI is InChI=1S/C19H12ClF3N4O/c1-27-10-13(12-4-2-3-5-17(12)27)18(28)16(9-24)26-25-11-6-7-15(20)14(8-11)19(21,22)23/h2-8,10,25H,1H3/b26-16+. The van der Waals surface area contributed by atoms with Gasteiger partial charge in [-0.05, 0) is 24.3 Å². The topological polar surface area (TPSA) is 70.2 Å². The largest absolute Gasteiger partial charge is 0.417 e. The molecule has 0 aliphatic rings. The van der Waals surface area contributed by atoms with E-state index in [1.807, 2.05) is 12.1 Å². The number of aromatic nitrogens is 1. The molecule has 0 aliphatic heterocycles. The quantitative estimate of drug-likeness (QED) is 0.377. The van der Waals surface area contributed by atoms with Crippen LogP contribution in [0.1, 0.15) is 15.9 Å². The summed E-state index contributed by atoms with van der Waals surface area (Å²) < 4.78 is 40.5. The summed E-state index contributed by atoms with van der Waals surface area (Å²) in [6.07, 6.45) is -3.07. The molecular formula is C19H12ClF3N4O. The molecule has 0 bridgehead atoms. The molecule has 0 saturated carbocycles. The molecule has 0 aliphatic carbocycles. The van der Waals surface area contributed by atoms with Crippen LogP contribution >= 0.6 is 11.6 Å². The SMILES string of the molecule is Cn1cc(C(=O)/C(C#N)=N/Nc2ccc(Cl)c(C(F)(F)F)c2)c2ccccc21. The number of aryl methyl sites for hydroxylation is 1. The van der Waals surface area contributed by atoms with Gasteiger partial charge in [-0.3, -0.25) is 10.2 Å². The molecule has 28 heavy (non-hydrogen) atoms. The molecule has 2 aromatic carbocycles. The molecule has 3 aromatic rings. The van der Waals surface area contributed by atoms with E-state index in [0.717, 1.165) is 17.6 Å². The first-order valence-corrected chi connectivity index (χ1v) is 8.29. The Kier molecular flexibility index (Phi) is 5.12. The second-order valence-electron chi connectivity index (χ2n) is 5.88. The Hall–Kier alpha value is -3.31. The fourth-order valence-corrected chi connectivity index (χ4v) is 2.93. The van der Waals surface area contributed by atoms with Crippen LogP contribution in [0.4, 0.5) is 18.9 Å². The maximum Gasteiger partial charge on any atom is 0.417 e. The Bertz CT molecular complexity index is 1140. The number of benzene rings is 2. The van der Waals surface area contributed by atoms with Gasteiger partial charge in [0.1, 0.15) is 6.07 Å². The lowest BCUT2D eigenvalue weighted by molar-refractivity contribution is -0.137. The zero-order valence-electron chi connectivity index (χ0n) is 14.4. The van der Waals surface area contributed by atoms with Gasteiger partial charge in [0.25, 0.3) is 0 Å². The minimum atomic E-state index is -4.64. The van der Waals surface area contributed by atoms with Crippen LogP contribution in [0.15, 0.2) is 53.8 Å². The summed E-state index contributed by atoms with van der Waals surface area (Å²) in [5.74, 6) is -0.642. The van der Waals surface area contributed by atoms with Gasteiger partial charge in [0.2, 0.25) is 11.5 Å². The molecule has 0 amide bonds. The highest BCUT2D eigenvalue weighted by Crippen LogP contribution is 2.36. The van der Waals surface area contributed by atoms with Crippen molar-refractivity contribution in [1.29, 1.82) is 5.26 Å². The van der Waals surface area contributed by atoms with Gasteiger partial charge < -0.3 is 4.57 Å². The van der Waals surface area contributed by atoms with E-state index in [4.69, 9.17) is 11.6 Å². The van der Waals surface area contributed by atoms with E-state index in [0.29, 0.717) is 5.39 Å². The fraction of sp³-hybridized carbons (Fsp3) is 0.105. The van der Waals surface area contributed by atoms with E-state index in [1.54, 1.807) is 36.0 Å². The normalized spacial score (nSPS) is 12.1. The molecule has 0 saturated heterocycles. The first-order chi connectivity index (χ1) is 13.2. The van der Waals surface area contributed by atoms with Gasteiger partial charge in [0, 0.05) is 24.1 Å². The number of nitriles is 1. The van der Waals surface area contributed by atoms with Gasteiger partial charge in [0.15, 0.2) is 0 Å². The number of halogens is 4. The highest BCUT2D eigenvalue weighted by molar-refractivity contribution is 6.53. The summed E-state index contributed by atoms with van der Waals surface area (Å²) >= 11 is 5.57. The Balaban J connectivity index is 1.93. The van der Waals surface area contributed by atoms with E-state index in [9.17, 15) is 23.2 Å². The summed E-state index contributed by atoms with van der Waals surface area (Å²) in [5, 5.41) is 13.2. The predicted octanol–water partition coefficient (Wildman–Crippen LogP) is 5.02. The Labute approximate surface area is 162 Å². The first kappa shape index (κ1) is 19.5. The molecule has 0 spiro atoms. The van der Waals surface area contributed by atoms with Gasteiger partial charge in [-0.2, -0.15) is 23.5 Å². The number of ketones is 1. The summed E-state index contributed by atoms with van der Waals surface area (Å²) in [5.41, 5.74) is 1.79. The van der Waals surface area contributed by atoms with E-state index in [2.05, 4.69) is 10.5 Å². The minimum Gasteiger partial charge on any atom is -0.350 e. The molecule has 0 unspecified atom stereocenters. The lowest BCUT2D eigenvalue weighted by atomic mass is 10.1. The van der Waals surface area contributed by atoms with E-state index in [1.165, 1.54) is 6.07 Å². The van der Waals surface area contributed by atoms with Crippen LogP contribution in [0.3, 0.4) is 0 Å². The highest BCUT2D eigenvalue weighted by Gasteiger charge is 2.33. The molecule has 0 fully saturated rings. The van der Waals surface area contributed by atoms with Gasteiger partial charge in [-0.15, -0.1) is 0 Å². The highest BCUT2D eigenvalue weighted by atomic mass is 35.5. The monoisotopic (exact) mass is 404 g/mol. The molecule has 0 radical (unpaired) electrons. The molecule has 1 aromatic heterocycles. The molecule has 1 heterocycles. The van der Waals surface area contributed by atoms with Crippen molar-refractivity contribution in [3.05, 3.63) is 64.8 Å². The summed E-state index contributed by atoms with van der Waals surface area (Å²) in [6, 6.07) is 11.9. The number of anilines is 1. The number of nitrogens with zero attached hydrogens (tertiary/aromatic N) is 3. The number of Topliss-reactive ketones (excluding diaryl/α,β-unsaturated/α-hetero) is 1. The molecular weight excluding hydrogens is 393 g/mol. The van der Waals surface area contributed by atoms with Crippen LogP contribution in [0.5, 0.6) is 0 Å². The second-order valence-corrected chi connectivity index (χ2v) is 6.28. The lowest BCUT2D eigenvalue weighted by Gasteiger charge is -2.10. The van der Waals surface area contributed by atoms with Crippen LogP contribution < -0.4 is 5.43 Å². The minimum absolute atomic E-state index is 0.0600. The maximum atomic E-state index is 12.9. The Morgan fingerprint density at radius 3 is 2.64 bits per heavy atom. The number of fused-ring (bicyclic) bond motifs is 1. The average molecular weight is 405 g/mol. The third-order valence-electron chi connectivity index (χ3n) is 4.03. The molecule has 9 heteroatoms. The van der Waals surface area contributed by atoms with Gasteiger partial charge in [0.05, 0.1) is 21.8 Å².